The Kier molecular flexibility index (Phi) is 11.3. The highest BCUT2D eigenvalue weighted by atomic mass is 16.3. The molecule has 3 aromatic rings. The maximum atomic E-state index is 11.1. The van der Waals surface area contributed by atoms with Crippen molar-refractivity contribution in [3.63, 3.8) is 0 Å². The van der Waals surface area contributed by atoms with E-state index in [0.29, 0.717) is 11.7 Å². The van der Waals surface area contributed by atoms with Crippen LogP contribution < -0.4 is 0 Å². The first-order valence-electron chi connectivity index (χ1n) is 15.0. The summed E-state index contributed by atoms with van der Waals surface area (Å²) in [4.78, 5) is 0. The Bertz CT molecular complexity index is 1130. The Morgan fingerprint density at radius 2 is 0.973 bits per heavy atom. The highest BCUT2D eigenvalue weighted by Crippen LogP contribution is 2.38. The van der Waals surface area contributed by atoms with E-state index in [-0.39, 0.29) is 5.92 Å². The molecule has 2 unspecified atom stereocenters. The summed E-state index contributed by atoms with van der Waals surface area (Å²) in [5.74, 6) is 1.05. The molecule has 2 atom stereocenters. The summed E-state index contributed by atoms with van der Waals surface area (Å²) < 4.78 is 0. The molecule has 200 valence electrons. The van der Waals surface area contributed by atoms with E-state index in [2.05, 4.69) is 84.0 Å². The quantitative estimate of drug-likeness (QED) is 0.234. The Balaban J connectivity index is 1.94. The van der Waals surface area contributed by atoms with Gasteiger partial charge in [0.05, 0.1) is 0 Å². The lowest BCUT2D eigenvalue weighted by molar-refractivity contribution is 0.459. The molecule has 0 radical (unpaired) electrons. The standard InChI is InChI=1S/C36H50O/c1-7-14-28-18-11-20-30(33(28)16-9-3)24-26(5)32-22-13-23-35(37)36(32)27(6)25-31-21-12-19-29(15-8-2)34(31)17-10-4/h11-13,18-23,26-27,37H,7-10,14-17,24-25H2,1-6H3. The smallest absolute Gasteiger partial charge is 0.119 e. The van der Waals surface area contributed by atoms with Crippen molar-refractivity contribution < 1.29 is 5.11 Å². The van der Waals surface area contributed by atoms with Crippen LogP contribution in [0, 0.1) is 0 Å². The van der Waals surface area contributed by atoms with Crippen LogP contribution in [0.25, 0.3) is 0 Å². The molecule has 0 bridgehead atoms. The lowest BCUT2D eigenvalue weighted by Crippen LogP contribution is -2.11. The Morgan fingerprint density at radius 3 is 1.46 bits per heavy atom. The van der Waals surface area contributed by atoms with Gasteiger partial charge in [0.15, 0.2) is 0 Å². The minimum atomic E-state index is 0.257. The average Bonchev–Trinajstić information content (AvgIpc) is 2.88. The molecule has 0 aliphatic rings. The fraction of sp³-hybridized carbons (Fsp3) is 0.500. The van der Waals surface area contributed by atoms with Crippen LogP contribution in [0.3, 0.4) is 0 Å². The summed E-state index contributed by atoms with van der Waals surface area (Å²) in [5.41, 5.74) is 11.5. The van der Waals surface area contributed by atoms with Crippen molar-refractivity contribution in [2.75, 3.05) is 0 Å². The monoisotopic (exact) mass is 498 g/mol. The predicted octanol–water partition coefficient (Wildman–Crippen LogP) is 9.89. The largest absolute Gasteiger partial charge is 0.508 e. The maximum Gasteiger partial charge on any atom is 0.119 e. The summed E-state index contributed by atoms with van der Waals surface area (Å²) in [7, 11) is 0. The molecule has 0 fully saturated rings. The summed E-state index contributed by atoms with van der Waals surface area (Å²) in [6, 6.07) is 19.9. The van der Waals surface area contributed by atoms with Gasteiger partial charge in [-0.2, -0.15) is 0 Å². The molecule has 0 heterocycles. The van der Waals surface area contributed by atoms with Crippen LogP contribution in [0.15, 0.2) is 54.6 Å². The van der Waals surface area contributed by atoms with Crippen molar-refractivity contribution in [3.05, 3.63) is 99.1 Å². The molecule has 1 nitrogen and oxygen atoms in total. The van der Waals surface area contributed by atoms with E-state index >= 15 is 0 Å². The van der Waals surface area contributed by atoms with Crippen molar-refractivity contribution in [1.29, 1.82) is 0 Å². The van der Waals surface area contributed by atoms with Gasteiger partial charge in [-0.3, -0.25) is 0 Å². The highest BCUT2D eigenvalue weighted by molar-refractivity contribution is 5.46. The fourth-order valence-electron chi connectivity index (χ4n) is 6.32. The van der Waals surface area contributed by atoms with Crippen molar-refractivity contribution >= 4 is 0 Å². The number of hydrogen-bond donors (Lipinski definition) is 1. The van der Waals surface area contributed by atoms with Gasteiger partial charge in [0.1, 0.15) is 5.75 Å². The number of benzene rings is 3. The minimum absolute atomic E-state index is 0.257. The molecule has 3 rings (SSSR count). The Hall–Kier alpha value is -2.54. The Labute approximate surface area is 227 Å². The average molecular weight is 499 g/mol. The zero-order valence-electron chi connectivity index (χ0n) is 24.4. The summed E-state index contributed by atoms with van der Waals surface area (Å²) in [6.45, 7) is 13.8. The van der Waals surface area contributed by atoms with Crippen LogP contribution in [0.4, 0.5) is 0 Å². The van der Waals surface area contributed by atoms with E-state index in [4.69, 9.17) is 0 Å². The minimum Gasteiger partial charge on any atom is -0.508 e. The molecular formula is C36H50O. The molecule has 0 aromatic heterocycles. The third kappa shape index (κ3) is 7.28. The van der Waals surface area contributed by atoms with Gasteiger partial charge >= 0.3 is 0 Å². The van der Waals surface area contributed by atoms with Crippen LogP contribution in [0.5, 0.6) is 5.75 Å². The second kappa shape index (κ2) is 14.4. The van der Waals surface area contributed by atoms with E-state index in [1.807, 2.05) is 12.1 Å². The molecular weight excluding hydrogens is 448 g/mol. The van der Waals surface area contributed by atoms with Gasteiger partial charge in [-0.15, -0.1) is 0 Å². The van der Waals surface area contributed by atoms with Gasteiger partial charge in [-0.1, -0.05) is 116 Å². The zero-order valence-corrected chi connectivity index (χ0v) is 24.4. The number of phenolic OH excluding ortho intramolecular Hbond substituents is 1. The van der Waals surface area contributed by atoms with Gasteiger partial charge in [-0.05, 0) is 95.4 Å². The van der Waals surface area contributed by atoms with Crippen LogP contribution >= 0.6 is 0 Å². The van der Waals surface area contributed by atoms with Crippen LogP contribution in [0.2, 0.25) is 0 Å². The number of phenols is 1. The van der Waals surface area contributed by atoms with Gasteiger partial charge in [0.25, 0.3) is 0 Å². The third-order valence-corrected chi connectivity index (χ3v) is 7.97. The first-order valence-corrected chi connectivity index (χ1v) is 15.0. The van der Waals surface area contributed by atoms with E-state index in [1.54, 1.807) is 11.1 Å². The molecule has 3 aromatic carbocycles. The van der Waals surface area contributed by atoms with Crippen molar-refractivity contribution in [2.24, 2.45) is 0 Å². The first kappa shape index (κ1) is 29.0. The molecule has 0 aliphatic carbocycles. The third-order valence-electron chi connectivity index (χ3n) is 7.97. The zero-order chi connectivity index (χ0) is 26.8. The number of aryl methyl sites for hydroxylation is 2. The van der Waals surface area contributed by atoms with Crippen LogP contribution in [-0.2, 0) is 38.5 Å². The topological polar surface area (TPSA) is 20.2 Å². The molecule has 1 heteroatoms. The number of hydrogen-bond acceptors (Lipinski definition) is 1. The summed E-state index contributed by atoms with van der Waals surface area (Å²) >= 11 is 0. The molecule has 0 amide bonds. The molecule has 1 N–H and O–H groups in total. The lowest BCUT2D eigenvalue weighted by atomic mass is 9.80. The van der Waals surface area contributed by atoms with Gasteiger partial charge in [0, 0.05) is 5.56 Å². The lowest BCUT2D eigenvalue weighted by Gasteiger charge is -2.25. The van der Waals surface area contributed by atoms with E-state index in [0.717, 1.165) is 50.5 Å². The van der Waals surface area contributed by atoms with Gasteiger partial charge in [-0.25, -0.2) is 0 Å². The second-order valence-corrected chi connectivity index (χ2v) is 11.1. The SMILES string of the molecule is CCCc1cccc(CC(C)c2cccc(O)c2C(C)Cc2cccc(CCC)c2CCC)c1CCC. The van der Waals surface area contributed by atoms with Gasteiger partial charge in [0.2, 0.25) is 0 Å². The first-order chi connectivity index (χ1) is 17.9. The molecule has 0 spiro atoms. The van der Waals surface area contributed by atoms with Gasteiger partial charge < -0.3 is 5.11 Å². The van der Waals surface area contributed by atoms with E-state index < -0.39 is 0 Å². The summed E-state index contributed by atoms with van der Waals surface area (Å²) in [6.07, 6.45) is 11.3. The molecule has 0 saturated carbocycles. The molecule has 0 saturated heterocycles. The van der Waals surface area contributed by atoms with E-state index in [9.17, 15) is 5.11 Å². The predicted molar refractivity (Wildman–Crippen MR) is 161 cm³/mol. The molecule has 37 heavy (non-hydrogen) atoms. The number of rotatable bonds is 14. The maximum absolute atomic E-state index is 11.1. The summed E-state index contributed by atoms with van der Waals surface area (Å²) in [5, 5.41) is 11.1. The Morgan fingerprint density at radius 1 is 0.541 bits per heavy atom. The number of aromatic hydroxyl groups is 1. The van der Waals surface area contributed by atoms with Crippen molar-refractivity contribution in [3.8, 4) is 5.75 Å². The van der Waals surface area contributed by atoms with Crippen molar-refractivity contribution in [2.45, 2.75) is 118 Å². The second-order valence-electron chi connectivity index (χ2n) is 11.1. The van der Waals surface area contributed by atoms with E-state index in [1.165, 1.54) is 47.1 Å². The highest BCUT2D eigenvalue weighted by Gasteiger charge is 2.22. The van der Waals surface area contributed by atoms with Crippen molar-refractivity contribution in [1.82, 2.24) is 0 Å². The van der Waals surface area contributed by atoms with Crippen LogP contribution in [-0.4, -0.2) is 5.11 Å². The molecule has 0 aliphatic heterocycles. The normalized spacial score (nSPS) is 13.0. The fourth-order valence-corrected chi connectivity index (χ4v) is 6.32. The van der Waals surface area contributed by atoms with Crippen LogP contribution in [0.1, 0.15) is 124 Å².